The highest BCUT2D eigenvalue weighted by Crippen LogP contribution is 2.25. The maximum absolute atomic E-state index is 12.1. The van der Waals surface area contributed by atoms with Crippen molar-refractivity contribution in [2.24, 2.45) is 4.99 Å². The zero-order valence-electron chi connectivity index (χ0n) is 13.6. The molecule has 11 heteroatoms. The predicted molar refractivity (Wildman–Crippen MR) is 90.1 cm³/mol. The van der Waals surface area contributed by atoms with Gasteiger partial charge in [0.25, 0.3) is 0 Å². The number of hydrogen-bond acceptors (Lipinski definition) is 6. The minimum atomic E-state index is -4.78. The van der Waals surface area contributed by atoms with Gasteiger partial charge in [0, 0.05) is 19.2 Å². The van der Waals surface area contributed by atoms with Crippen molar-refractivity contribution in [3.05, 3.63) is 24.3 Å². The molecule has 7 nitrogen and oxygen atoms in total. The zero-order valence-corrected chi connectivity index (χ0v) is 14.4. The van der Waals surface area contributed by atoms with Crippen molar-refractivity contribution in [2.45, 2.75) is 18.0 Å². The van der Waals surface area contributed by atoms with Gasteiger partial charge >= 0.3 is 6.36 Å². The number of amides is 2. The minimum Gasteiger partial charge on any atom is -0.406 e. The Labute approximate surface area is 151 Å². The average molecular weight is 391 g/mol. The number of benzene rings is 1. The van der Waals surface area contributed by atoms with E-state index in [9.17, 15) is 22.8 Å². The van der Waals surface area contributed by atoms with Crippen LogP contribution in [0.2, 0.25) is 0 Å². The van der Waals surface area contributed by atoms with Gasteiger partial charge in [-0.05, 0) is 24.3 Å². The molecule has 1 aromatic rings. The van der Waals surface area contributed by atoms with Crippen molar-refractivity contribution in [2.75, 3.05) is 25.6 Å². The van der Waals surface area contributed by atoms with Crippen LogP contribution in [0.5, 0.6) is 5.75 Å². The fraction of sp³-hybridized carbons (Fsp3) is 0.400. The van der Waals surface area contributed by atoms with E-state index in [1.54, 1.807) is 0 Å². The Morgan fingerprint density at radius 3 is 2.65 bits per heavy atom. The molecule has 2 N–H and O–H groups in total. The lowest BCUT2D eigenvalue weighted by molar-refractivity contribution is -0.274. The van der Waals surface area contributed by atoms with Gasteiger partial charge < -0.3 is 20.1 Å². The summed E-state index contributed by atoms with van der Waals surface area (Å²) in [4.78, 5) is 28.0. The molecular formula is C15H16F3N3O4S. The highest BCUT2D eigenvalue weighted by molar-refractivity contribution is 8.15. The van der Waals surface area contributed by atoms with E-state index in [1.165, 1.54) is 19.2 Å². The number of amidine groups is 1. The van der Waals surface area contributed by atoms with Crippen LogP contribution in [0.4, 0.5) is 18.9 Å². The van der Waals surface area contributed by atoms with Gasteiger partial charge in [-0.3, -0.25) is 14.6 Å². The van der Waals surface area contributed by atoms with Gasteiger partial charge in [0.1, 0.15) is 11.0 Å². The van der Waals surface area contributed by atoms with Crippen molar-refractivity contribution in [1.29, 1.82) is 0 Å². The molecule has 0 unspecified atom stereocenters. The standard InChI is InChI=1S/C15H16F3N3O4S/c1-24-7-6-19-14-21-13(23)11(26-14)8-12(22)20-9-2-4-10(5-3-9)25-15(16,17)18/h2-5,11H,6-8H2,1H3,(H,20,22)(H,19,21,23)/t11-/m0/s1. The first-order valence-electron chi connectivity index (χ1n) is 7.43. The van der Waals surface area contributed by atoms with E-state index in [1.807, 2.05) is 0 Å². The monoisotopic (exact) mass is 391 g/mol. The largest absolute Gasteiger partial charge is 0.573 e. The number of ether oxygens (including phenoxy) is 2. The third-order valence-electron chi connectivity index (χ3n) is 3.07. The van der Waals surface area contributed by atoms with Crippen molar-refractivity contribution in [3.63, 3.8) is 0 Å². The van der Waals surface area contributed by atoms with Crippen molar-refractivity contribution in [3.8, 4) is 5.75 Å². The number of halogens is 3. The number of aliphatic imine (C=N–C) groups is 1. The van der Waals surface area contributed by atoms with Gasteiger partial charge in [0.2, 0.25) is 11.8 Å². The fourth-order valence-corrected chi connectivity index (χ4v) is 2.97. The number of nitrogens with zero attached hydrogens (tertiary/aromatic N) is 1. The first-order valence-corrected chi connectivity index (χ1v) is 8.31. The quantitative estimate of drug-likeness (QED) is 0.696. The van der Waals surface area contributed by atoms with E-state index in [2.05, 4.69) is 20.4 Å². The number of nitrogens with one attached hydrogen (secondary N) is 2. The summed E-state index contributed by atoms with van der Waals surface area (Å²) in [6.07, 6.45) is -4.87. The molecule has 1 saturated heterocycles. The molecule has 1 aromatic carbocycles. The molecule has 1 aliphatic heterocycles. The second-order valence-corrected chi connectivity index (χ2v) is 6.29. The Morgan fingerprint density at radius 2 is 2.04 bits per heavy atom. The number of rotatable bonds is 7. The lowest BCUT2D eigenvalue weighted by Crippen LogP contribution is -2.28. The van der Waals surface area contributed by atoms with Crippen LogP contribution < -0.4 is 15.4 Å². The topological polar surface area (TPSA) is 89.0 Å². The number of anilines is 1. The highest BCUT2D eigenvalue weighted by atomic mass is 32.2. The molecule has 0 spiro atoms. The number of carbonyl (C=O) groups excluding carboxylic acids is 2. The fourth-order valence-electron chi connectivity index (χ4n) is 1.97. The van der Waals surface area contributed by atoms with E-state index in [-0.39, 0.29) is 12.3 Å². The van der Waals surface area contributed by atoms with Crippen LogP contribution in [0.15, 0.2) is 29.3 Å². The molecule has 2 rings (SSSR count). The van der Waals surface area contributed by atoms with E-state index >= 15 is 0 Å². The summed E-state index contributed by atoms with van der Waals surface area (Å²) in [6, 6.07) is 4.72. The number of carbonyl (C=O) groups is 2. The molecular weight excluding hydrogens is 375 g/mol. The molecule has 0 aliphatic carbocycles. The predicted octanol–water partition coefficient (Wildman–Crippen LogP) is 2.15. The summed E-state index contributed by atoms with van der Waals surface area (Å²) >= 11 is 1.14. The average Bonchev–Trinajstić information content (AvgIpc) is 2.88. The Bertz CT molecular complexity index is 680. The van der Waals surface area contributed by atoms with E-state index in [0.717, 1.165) is 23.9 Å². The Hall–Kier alpha value is -2.27. The van der Waals surface area contributed by atoms with Crippen molar-refractivity contribution < 1.29 is 32.2 Å². The van der Waals surface area contributed by atoms with E-state index in [0.29, 0.717) is 24.0 Å². The van der Waals surface area contributed by atoms with Crippen LogP contribution in [0.25, 0.3) is 0 Å². The molecule has 1 aliphatic rings. The number of methoxy groups -OCH3 is 1. The van der Waals surface area contributed by atoms with Crippen LogP contribution in [-0.2, 0) is 14.3 Å². The molecule has 0 aromatic heterocycles. The molecule has 0 saturated carbocycles. The summed E-state index contributed by atoms with van der Waals surface area (Å²) in [5.74, 6) is -1.16. The summed E-state index contributed by atoms with van der Waals surface area (Å²) in [6.45, 7) is 0.809. The van der Waals surface area contributed by atoms with Gasteiger partial charge in [-0.25, -0.2) is 0 Å². The number of alkyl halides is 3. The van der Waals surface area contributed by atoms with Crippen LogP contribution in [0.1, 0.15) is 6.42 Å². The molecule has 26 heavy (non-hydrogen) atoms. The Balaban J connectivity index is 1.85. The minimum absolute atomic E-state index is 0.0966. The molecule has 142 valence electrons. The van der Waals surface area contributed by atoms with Gasteiger partial charge in [-0.1, -0.05) is 11.8 Å². The summed E-state index contributed by atoms with van der Waals surface area (Å²) in [7, 11) is 1.54. The zero-order chi connectivity index (χ0) is 19.2. The third kappa shape index (κ3) is 6.56. The van der Waals surface area contributed by atoms with E-state index in [4.69, 9.17) is 4.74 Å². The van der Waals surface area contributed by atoms with Crippen LogP contribution in [0, 0.1) is 0 Å². The SMILES string of the molecule is COCCN=C1NC(=O)[C@H](CC(=O)Nc2ccc(OC(F)(F)F)cc2)S1. The number of thioether (sulfide) groups is 1. The second-order valence-electron chi connectivity index (χ2n) is 5.10. The van der Waals surface area contributed by atoms with Crippen molar-refractivity contribution >= 4 is 34.4 Å². The van der Waals surface area contributed by atoms with E-state index < -0.39 is 23.3 Å². The molecule has 2 amide bonds. The third-order valence-corrected chi connectivity index (χ3v) is 4.19. The number of hydrogen-bond donors (Lipinski definition) is 2. The summed E-state index contributed by atoms with van der Waals surface area (Å²) < 4.78 is 44.9. The van der Waals surface area contributed by atoms with Gasteiger partial charge in [-0.2, -0.15) is 0 Å². The molecule has 1 atom stereocenters. The summed E-state index contributed by atoms with van der Waals surface area (Å²) in [5.41, 5.74) is 0.293. The molecule has 1 heterocycles. The van der Waals surface area contributed by atoms with Crippen LogP contribution in [0.3, 0.4) is 0 Å². The molecule has 0 radical (unpaired) electrons. The lowest BCUT2D eigenvalue weighted by Gasteiger charge is -2.10. The molecule has 0 bridgehead atoms. The molecule has 1 fully saturated rings. The van der Waals surface area contributed by atoms with Crippen LogP contribution in [-0.4, -0.2) is 48.9 Å². The highest BCUT2D eigenvalue weighted by Gasteiger charge is 2.32. The van der Waals surface area contributed by atoms with Crippen molar-refractivity contribution in [1.82, 2.24) is 5.32 Å². The maximum atomic E-state index is 12.1. The van der Waals surface area contributed by atoms with Crippen LogP contribution >= 0.6 is 11.8 Å². The maximum Gasteiger partial charge on any atom is 0.573 e. The van der Waals surface area contributed by atoms with Gasteiger partial charge in [0.15, 0.2) is 5.17 Å². The first kappa shape index (κ1) is 20.0. The summed E-state index contributed by atoms with van der Waals surface area (Å²) in [5, 5.41) is 4.90. The lowest BCUT2D eigenvalue weighted by atomic mass is 10.2. The Morgan fingerprint density at radius 1 is 1.35 bits per heavy atom. The first-order chi connectivity index (χ1) is 12.3. The second kappa shape index (κ2) is 8.90. The smallest absolute Gasteiger partial charge is 0.406 e. The Kier molecular flexibility index (Phi) is 6.86. The normalized spacial score (nSPS) is 18.7. The van der Waals surface area contributed by atoms with Gasteiger partial charge in [0.05, 0.1) is 13.2 Å². The van der Waals surface area contributed by atoms with Gasteiger partial charge in [-0.15, -0.1) is 13.2 Å².